The van der Waals surface area contributed by atoms with Gasteiger partial charge in [0.2, 0.25) is 0 Å². The lowest BCUT2D eigenvalue weighted by atomic mass is 9.98. The first-order valence-corrected chi connectivity index (χ1v) is 8.12. The highest BCUT2D eigenvalue weighted by Crippen LogP contribution is 2.33. The largest absolute Gasteiger partial charge is 0.315 e. The molecule has 0 radical (unpaired) electrons. The van der Waals surface area contributed by atoms with Crippen LogP contribution in [-0.4, -0.2) is 30.4 Å². The van der Waals surface area contributed by atoms with Crippen LogP contribution in [0.3, 0.4) is 0 Å². The van der Waals surface area contributed by atoms with Crippen LogP contribution in [-0.2, 0) is 6.54 Å². The van der Waals surface area contributed by atoms with Gasteiger partial charge in [-0.3, -0.25) is 9.79 Å². The first kappa shape index (κ1) is 14.0. The summed E-state index contributed by atoms with van der Waals surface area (Å²) in [5.74, 6) is 0.734. The highest BCUT2D eigenvalue weighted by Gasteiger charge is 2.18. The summed E-state index contributed by atoms with van der Waals surface area (Å²) >= 11 is 0. The fourth-order valence-corrected chi connectivity index (χ4v) is 3.36. The molecule has 0 saturated heterocycles. The van der Waals surface area contributed by atoms with E-state index in [1.165, 1.54) is 11.9 Å². The van der Waals surface area contributed by atoms with Crippen LogP contribution >= 0.6 is 0 Å². The van der Waals surface area contributed by atoms with Gasteiger partial charge in [0, 0.05) is 31.1 Å². The molecular formula is C18H14N6O. The molecule has 122 valence electrons. The molecular weight excluding hydrogens is 316 g/mol. The van der Waals surface area contributed by atoms with Gasteiger partial charge in [0.25, 0.3) is 11.3 Å². The van der Waals surface area contributed by atoms with Crippen molar-refractivity contribution in [3.05, 3.63) is 65.0 Å². The first-order valence-electron chi connectivity index (χ1n) is 8.12. The lowest BCUT2D eigenvalue weighted by Gasteiger charge is -2.11. The smallest absolute Gasteiger partial charge is 0.261 e. The lowest BCUT2D eigenvalue weighted by Crippen LogP contribution is -2.21. The van der Waals surface area contributed by atoms with Crippen LogP contribution in [0.5, 0.6) is 0 Å². The summed E-state index contributed by atoms with van der Waals surface area (Å²) in [7, 11) is 0. The number of fused-ring (bicyclic) bond motifs is 4. The Hall–Kier alpha value is -3.35. The normalized spacial score (nSPS) is 15.9. The van der Waals surface area contributed by atoms with E-state index in [1.807, 2.05) is 36.7 Å². The third-order valence-corrected chi connectivity index (χ3v) is 4.66. The fourth-order valence-electron chi connectivity index (χ4n) is 3.36. The van der Waals surface area contributed by atoms with Gasteiger partial charge < -0.3 is 4.57 Å². The maximum Gasteiger partial charge on any atom is 0.261 e. The zero-order chi connectivity index (χ0) is 16.8. The minimum atomic E-state index is -0.0642. The van der Waals surface area contributed by atoms with Crippen molar-refractivity contribution in [3.8, 4) is 0 Å². The van der Waals surface area contributed by atoms with Crippen molar-refractivity contribution in [2.75, 3.05) is 0 Å². The predicted molar refractivity (Wildman–Crippen MR) is 94.5 cm³/mol. The maximum atomic E-state index is 12.8. The number of aryl methyl sites for hydroxylation is 1. The summed E-state index contributed by atoms with van der Waals surface area (Å²) in [6.45, 7) is 0.620. The van der Waals surface area contributed by atoms with Crippen LogP contribution in [0.2, 0.25) is 0 Å². The average Bonchev–Trinajstić information content (AvgIpc) is 3.28. The molecule has 1 aliphatic heterocycles. The van der Waals surface area contributed by atoms with Gasteiger partial charge in [0.15, 0.2) is 0 Å². The van der Waals surface area contributed by atoms with Gasteiger partial charge in [-0.2, -0.15) is 14.6 Å². The third kappa shape index (κ3) is 2.16. The van der Waals surface area contributed by atoms with Crippen LogP contribution < -0.4 is 5.56 Å². The molecule has 1 unspecified atom stereocenters. The monoisotopic (exact) mass is 330 g/mol. The van der Waals surface area contributed by atoms with Gasteiger partial charge in [0.05, 0.1) is 16.6 Å². The van der Waals surface area contributed by atoms with Crippen molar-refractivity contribution < 1.29 is 0 Å². The summed E-state index contributed by atoms with van der Waals surface area (Å²) in [4.78, 5) is 25.5. The zero-order valence-electron chi connectivity index (χ0n) is 13.3. The summed E-state index contributed by atoms with van der Waals surface area (Å²) in [6.07, 6.45) is 7.61. The van der Waals surface area contributed by atoms with E-state index in [0.29, 0.717) is 17.7 Å². The second kappa shape index (κ2) is 5.34. The van der Waals surface area contributed by atoms with Crippen molar-refractivity contribution in [1.82, 2.24) is 24.1 Å². The summed E-state index contributed by atoms with van der Waals surface area (Å²) in [5.41, 5.74) is 2.90. The average molecular weight is 330 g/mol. The molecule has 3 aromatic heterocycles. The molecule has 1 aliphatic rings. The van der Waals surface area contributed by atoms with E-state index in [4.69, 9.17) is 0 Å². The molecule has 0 bridgehead atoms. The predicted octanol–water partition coefficient (Wildman–Crippen LogP) is 2.33. The van der Waals surface area contributed by atoms with Crippen molar-refractivity contribution >= 4 is 28.6 Å². The van der Waals surface area contributed by atoms with Gasteiger partial charge in [0.1, 0.15) is 6.33 Å². The number of pyridine rings is 1. The summed E-state index contributed by atoms with van der Waals surface area (Å²) in [5, 5.41) is 4.67. The van der Waals surface area contributed by atoms with Crippen molar-refractivity contribution in [1.29, 1.82) is 0 Å². The van der Waals surface area contributed by atoms with E-state index >= 15 is 0 Å². The van der Waals surface area contributed by atoms with Gasteiger partial charge in [-0.25, -0.2) is 4.98 Å². The van der Waals surface area contributed by atoms with E-state index in [-0.39, 0.29) is 11.5 Å². The Kier molecular flexibility index (Phi) is 3.00. The molecule has 0 fully saturated rings. The molecule has 0 amide bonds. The summed E-state index contributed by atoms with van der Waals surface area (Å²) in [6, 6.07) is 10.0. The Morgan fingerprint density at radius 2 is 2.04 bits per heavy atom. The number of nitrogens with zero attached hydrogens (tertiary/aromatic N) is 6. The molecule has 7 heteroatoms. The molecule has 0 N–H and O–H groups in total. The number of hydrogen-bond acceptors (Lipinski definition) is 5. The van der Waals surface area contributed by atoms with Gasteiger partial charge in [-0.1, -0.05) is 18.2 Å². The number of aromatic nitrogens is 5. The highest BCUT2D eigenvalue weighted by atomic mass is 16.1. The summed E-state index contributed by atoms with van der Waals surface area (Å²) < 4.78 is 3.31. The molecule has 1 aromatic carbocycles. The fraction of sp³-hybridized carbons (Fsp3) is 0.167. The van der Waals surface area contributed by atoms with Crippen molar-refractivity contribution in [3.63, 3.8) is 0 Å². The minimum Gasteiger partial charge on any atom is -0.315 e. The Balaban J connectivity index is 1.48. The Labute approximate surface area is 142 Å². The van der Waals surface area contributed by atoms with Gasteiger partial charge >= 0.3 is 0 Å². The number of hydrogen-bond donors (Lipinski definition) is 0. The number of aliphatic imine (C=N–C) groups is 1. The SMILES string of the molecule is O=c1c2cnc3ncnn3c2ccn1CCC1C=Nc2ccccc21. The zero-order valence-corrected chi connectivity index (χ0v) is 13.3. The van der Waals surface area contributed by atoms with E-state index in [1.54, 1.807) is 15.3 Å². The Bertz CT molecular complexity index is 1190. The number of benzene rings is 1. The van der Waals surface area contributed by atoms with E-state index in [0.717, 1.165) is 17.6 Å². The first-order chi connectivity index (χ1) is 12.3. The minimum absolute atomic E-state index is 0.0642. The van der Waals surface area contributed by atoms with Crippen LogP contribution in [0.15, 0.2) is 58.8 Å². The third-order valence-electron chi connectivity index (χ3n) is 4.66. The molecule has 0 saturated carbocycles. The molecule has 0 spiro atoms. The van der Waals surface area contributed by atoms with E-state index in [9.17, 15) is 4.79 Å². The van der Waals surface area contributed by atoms with E-state index < -0.39 is 0 Å². The molecule has 5 rings (SSSR count). The lowest BCUT2D eigenvalue weighted by molar-refractivity contribution is 0.612. The molecule has 4 heterocycles. The molecule has 0 aliphatic carbocycles. The number of rotatable bonds is 3. The topological polar surface area (TPSA) is 77.4 Å². The maximum absolute atomic E-state index is 12.8. The number of para-hydroxylation sites is 1. The standard InChI is InChI=1S/C18H14N6O/c25-17-14-10-20-18-21-11-22-24(18)16(14)6-8-23(17)7-5-12-9-19-15-4-2-1-3-13(12)15/h1-4,6,8-12H,5,7H2. The van der Waals surface area contributed by atoms with E-state index in [2.05, 4.69) is 26.1 Å². The van der Waals surface area contributed by atoms with Gasteiger partial charge in [-0.15, -0.1) is 0 Å². The quantitative estimate of drug-likeness (QED) is 0.577. The molecule has 4 aromatic rings. The van der Waals surface area contributed by atoms with Crippen LogP contribution in [0, 0.1) is 0 Å². The highest BCUT2D eigenvalue weighted by molar-refractivity contribution is 5.80. The molecule has 25 heavy (non-hydrogen) atoms. The van der Waals surface area contributed by atoms with Crippen LogP contribution in [0.4, 0.5) is 5.69 Å². The van der Waals surface area contributed by atoms with Gasteiger partial charge in [-0.05, 0) is 24.1 Å². The second-order valence-electron chi connectivity index (χ2n) is 6.08. The van der Waals surface area contributed by atoms with Crippen LogP contribution in [0.25, 0.3) is 16.7 Å². The second-order valence-corrected chi connectivity index (χ2v) is 6.08. The Morgan fingerprint density at radius 1 is 1.12 bits per heavy atom. The molecule has 1 atom stereocenters. The van der Waals surface area contributed by atoms with Crippen molar-refractivity contribution in [2.45, 2.75) is 18.9 Å². The van der Waals surface area contributed by atoms with Crippen molar-refractivity contribution in [2.24, 2.45) is 4.99 Å². The Morgan fingerprint density at radius 3 is 3.00 bits per heavy atom. The van der Waals surface area contributed by atoms with Crippen LogP contribution in [0.1, 0.15) is 17.9 Å². The molecule has 7 nitrogen and oxygen atoms in total.